The van der Waals surface area contributed by atoms with Gasteiger partial charge in [-0.15, -0.1) is 0 Å². The highest BCUT2D eigenvalue weighted by Crippen LogP contribution is 2.29. The fourth-order valence-corrected chi connectivity index (χ4v) is 3.99. The Labute approximate surface area is 205 Å². The third-order valence-electron chi connectivity index (χ3n) is 5.93. The van der Waals surface area contributed by atoms with Gasteiger partial charge >= 0.3 is 0 Å². The van der Waals surface area contributed by atoms with Crippen LogP contribution in [0.15, 0.2) is 67.0 Å². The molecule has 1 aliphatic heterocycles. The number of rotatable bonds is 10. The van der Waals surface area contributed by atoms with Crippen molar-refractivity contribution < 1.29 is 18.7 Å². The first-order chi connectivity index (χ1) is 17.1. The highest BCUT2D eigenvalue weighted by Gasteiger charge is 2.18. The quantitative estimate of drug-likeness (QED) is 0.479. The van der Waals surface area contributed by atoms with Crippen LogP contribution >= 0.6 is 0 Å². The minimum atomic E-state index is -0.219. The van der Waals surface area contributed by atoms with Crippen molar-refractivity contribution in [3.8, 4) is 11.5 Å². The molecule has 0 aliphatic carbocycles. The molecule has 1 saturated heterocycles. The fraction of sp³-hybridized carbons (Fsp3) is 0.333. The van der Waals surface area contributed by atoms with E-state index in [0.717, 1.165) is 44.0 Å². The minimum absolute atomic E-state index is 0.142. The van der Waals surface area contributed by atoms with Crippen molar-refractivity contribution in [3.63, 3.8) is 0 Å². The van der Waals surface area contributed by atoms with Crippen LogP contribution in [-0.2, 0) is 6.61 Å². The average molecular weight is 479 g/mol. The van der Waals surface area contributed by atoms with Crippen LogP contribution in [0.25, 0.3) is 0 Å². The molecule has 2 aromatic carbocycles. The Bertz CT molecular complexity index is 1090. The molecule has 0 bridgehead atoms. The van der Waals surface area contributed by atoms with Gasteiger partial charge < -0.3 is 19.7 Å². The lowest BCUT2D eigenvalue weighted by Crippen LogP contribution is -2.48. The molecule has 1 amide bonds. The molecule has 0 atom stereocenters. The third kappa shape index (κ3) is 6.93. The van der Waals surface area contributed by atoms with Crippen LogP contribution < -0.4 is 19.7 Å². The maximum absolute atomic E-state index is 13.1. The number of benzene rings is 2. The molecule has 2 heterocycles. The predicted octanol–water partition coefficient (Wildman–Crippen LogP) is 3.75. The van der Waals surface area contributed by atoms with Gasteiger partial charge in [0.25, 0.3) is 5.91 Å². The van der Waals surface area contributed by atoms with Gasteiger partial charge in [0.15, 0.2) is 11.5 Å². The normalized spacial score (nSPS) is 13.9. The van der Waals surface area contributed by atoms with Gasteiger partial charge in [0, 0.05) is 62.9 Å². The Balaban J connectivity index is 1.24. The predicted molar refractivity (Wildman–Crippen MR) is 134 cm³/mol. The number of carbonyl (C=O) groups excluding carboxylic acids is 1. The Morgan fingerprint density at radius 3 is 2.43 bits per heavy atom. The van der Waals surface area contributed by atoms with Gasteiger partial charge in [-0.2, -0.15) is 0 Å². The van der Waals surface area contributed by atoms with E-state index in [9.17, 15) is 9.18 Å². The molecule has 3 aromatic rings. The molecule has 1 aliphatic rings. The second-order valence-electron chi connectivity index (χ2n) is 8.30. The van der Waals surface area contributed by atoms with E-state index in [4.69, 9.17) is 9.47 Å². The second-order valence-corrected chi connectivity index (χ2v) is 8.30. The monoisotopic (exact) mass is 478 g/mol. The van der Waals surface area contributed by atoms with E-state index in [1.54, 1.807) is 30.6 Å². The number of nitrogens with one attached hydrogen (secondary N) is 1. The van der Waals surface area contributed by atoms with Crippen molar-refractivity contribution in [1.82, 2.24) is 15.2 Å². The Kier molecular flexibility index (Phi) is 8.51. The summed E-state index contributed by atoms with van der Waals surface area (Å²) in [5.74, 6) is 0.783. The van der Waals surface area contributed by atoms with Crippen LogP contribution in [0.1, 0.15) is 22.8 Å². The van der Waals surface area contributed by atoms with E-state index in [-0.39, 0.29) is 11.7 Å². The number of halogens is 1. The molecule has 0 radical (unpaired) electrons. The molecule has 1 aromatic heterocycles. The fourth-order valence-electron chi connectivity index (χ4n) is 3.99. The van der Waals surface area contributed by atoms with Crippen LogP contribution in [0, 0.1) is 5.82 Å². The number of pyridine rings is 1. The van der Waals surface area contributed by atoms with Crippen molar-refractivity contribution >= 4 is 11.6 Å². The lowest BCUT2D eigenvalue weighted by Gasteiger charge is -2.36. The second kappa shape index (κ2) is 12.2. The minimum Gasteiger partial charge on any atom is -0.490 e. The average Bonchev–Trinajstić information content (AvgIpc) is 2.89. The topological polar surface area (TPSA) is 66.9 Å². The number of hydrogen-bond donors (Lipinski definition) is 1. The first-order valence-corrected chi connectivity index (χ1v) is 11.9. The molecular weight excluding hydrogens is 447 g/mol. The van der Waals surface area contributed by atoms with Crippen molar-refractivity contribution in [1.29, 1.82) is 0 Å². The van der Waals surface area contributed by atoms with Crippen LogP contribution in [0.4, 0.5) is 10.1 Å². The summed E-state index contributed by atoms with van der Waals surface area (Å²) in [6.07, 6.45) is 3.45. The molecule has 1 fully saturated rings. The Hall–Kier alpha value is -3.65. The third-order valence-corrected chi connectivity index (χ3v) is 5.93. The van der Waals surface area contributed by atoms with Crippen molar-refractivity contribution in [2.45, 2.75) is 13.5 Å². The zero-order valence-corrected chi connectivity index (χ0v) is 20.0. The van der Waals surface area contributed by atoms with Crippen LogP contribution in [0.5, 0.6) is 11.5 Å². The number of ether oxygens (including phenoxy) is 2. The summed E-state index contributed by atoms with van der Waals surface area (Å²) in [4.78, 5) is 21.3. The van der Waals surface area contributed by atoms with Gasteiger partial charge in [0.2, 0.25) is 0 Å². The lowest BCUT2D eigenvalue weighted by molar-refractivity contribution is 0.0947. The number of aromatic nitrogens is 1. The molecule has 1 N–H and O–H groups in total. The van der Waals surface area contributed by atoms with Gasteiger partial charge in [-0.05, 0) is 67.1 Å². The first kappa shape index (κ1) is 24.5. The Morgan fingerprint density at radius 1 is 0.971 bits per heavy atom. The molecule has 0 unspecified atom stereocenters. The lowest BCUT2D eigenvalue weighted by atomic mass is 10.2. The number of carbonyl (C=O) groups is 1. The van der Waals surface area contributed by atoms with Crippen LogP contribution in [-0.4, -0.2) is 61.7 Å². The molecule has 8 heteroatoms. The summed E-state index contributed by atoms with van der Waals surface area (Å²) >= 11 is 0. The number of anilines is 1. The molecule has 184 valence electrons. The zero-order valence-electron chi connectivity index (χ0n) is 20.0. The highest BCUT2D eigenvalue weighted by atomic mass is 19.1. The van der Waals surface area contributed by atoms with E-state index in [1.807, 2.05) is 31.2 Å². The molecule has 35 heavy (non-hydrogen) atoms. The van der Waals surface area contributed by atoms with Gasteiger partial charge in [0.1, 0.15) is 12.4 Å². The van der Waals surface area contributed by atoms with E-state index in [1.165, 1.54) is 12.1 Å². The number of hydrogen-bond acceptors (Lipinski definition) is 6. The standard InChI is InChI=1S/C27H31FN4O3/c1-2-34-26-19-22(3-8-25(26)35-20-21-9-11-29-12-10-21)27(33)30-13-14-31-15-17-32(18-16-31)24-6-4-23(28)5-7-24/h3-12,19H,2,13-18,20H2,1H3,(H,30,33). The van der Waals surface area contributed by atoms with E-state index in [2.05, 4.69) is 20.1 Å². The number of amides is 1. The largest absolute Gasteiger partial charge is 0.490 e. The number of piperazine rings is 1. The zero-order chi connectivity index (χ0) is 24.5. The SMILES string of the molecule is CCOc1cc(C(=O)NCCN2CCN(c3ccc(F)cc3)CC2)ccc1OCc1ccncc1. The maximum atomic E-state index is 13.1. The first-order valence-electron chi connectivity index (χ1n) is 11.9. The molecule has 7 nitrogen and oxygen atoms in total. The van der Waals surface area contributed by atoms with Crippen molar-refractivity contribution in [2.75, 3.05) is 50.8 Å². The molecular formula is C27H31FN4O3. The van der Waals surface area contributed by atoms with Gasteiger partial charge in [0.05, 0.1) is 6.61 Å². The maximum Gasteiger partial charge on any atom is 0.251 e. The summed E-state index contributed by atoms with van der Waals surface area (Å²) in [5, 5.41) is 3.00. The van der Waals surface area contributed by atoms with E-state index >= 15 is 0 Å². The number of nitrogens with zero attached hydrogens (tertiary/aromatic N) is 3. The van der Waals surface area contributed by atoms with E-state index in [0.29, 0.717) is 36.8 Å². The van der Waals surface area contributed by atoms with Crippen LogP contribution in [0.3, 0.4) is 0 Å². The summed E-state index contributed by atoms with van der Waals surface area (Å²) in [6, 6.07) is 15.7. The van der Waals surface area contributed by atoms with Crippen molar-refractivity contribution in [2.24, 2.45) is 0 Å². The van der Waals surface area contributed by atoms with Crippen LogP contribution in [0.2, 0.25) is 0 Å². The molecule has 0 saturated carbocycles. The van der Waals surface area contributed by atoms with E-state index < -0.39 is 0 Å². The smallest absolute Gasteiger partial charge is 0.251 e. The summed E-state index contributed by atoms with van der Waals surface area (Å²) < 4.78 is 24.8. The summed E-state index contributed by atoms with van der Waals surface area (Å²) in [6.45, 7) is 7.62. The van der Waals surface area contributed by atoms with Crippen molar-refractivity contribution in [3.05, 3.63) is 83.9 Å². The Morgan fingerprint density at radius 2 is 1.71 bits per heavy atom. The molecule has 0 spiro atoms. The van der Waals surface area contributed by atoms with Gasteiger partial charge in [-0.1, -0.05) is 0 Å². The molecule has 4 rings (SSSR count). The van der Waals surface area contributed by atoms with Gasteiger partial charge in [-0.3, -0.25) is 14.7 Å². The summed E-state index contributed by atoms with van der Waals surface area (Å²) in [7, 11) is 0. The summed E-state index contributed by atoms with van der Waals surface area (Å²) in [5.41, 5.74) is 2.58. The highest BCUT2D eigenvalue weighted by molar-refractivity contribution is 5.94. The van der Waals surface area contributed by atoms with Gasteiger partial charge in [-0.25, -0.2) is 4.39 Å².